The molecule has 10 heteroatoms. The van der Waals surface area contributed by atoms with Crippen molar-refractivity contribution in [2.45, 2.75) is 11.8 Å². The SMILES string of the molecule is Cc1cc(S(=O)(=O)N(C)CC(=O)Nc2ccn3ccnc3c2)c2[nH]ncc2c1. The highest BCUT2D eigenvalue weighted by molar-refractivity contribution is 7.89. The van der Waals surface area contributed by atoms with Crippen molar-refractivity contribution in [3.05, 3.63) is 54.6 Å². The van der Waals surface area contributed by atoms with Crippen LogP contribution in [0, 0.1) is 6.92 Å². The first-order valence-corrected chi connectivity index (χ1v) is 9.91. The molecule has 4 rings (SSSR count). The number of carbonyl (C=O) groups excluding carboxylic acids is 1. The van der Waals surface area contributed by atoms with Crippen LogP contribution in [-0.2, 0) is 14.8 Å². The third-order valence-electron chi connectivity index (χ3n) is 4.39. The highest BCUT2D eigenvalue weighted by atomic mass is 32.2. The molecule has 3 aromatic heterocycles. The number of hydrogen-bond donors (Lipinski definition) is 2. The predicted molar refractivity (Wildman–Crippen MR) is 104 cm³/mol. The summed E-state index contributed by atoms with van der Waals surface area (Å²) in [6.07, 6.45) is 6.78. The zero-order valence-electron chi connectivity index (χ0n) is 15.2. The molecular weight excluding hydrogens is 380 g/mol. The van der Waals surface area contributed by atoms with E-state index in [-0.39, 0.29) is 11.4 Å². The number of likely N-dealkylation sites (N-methyl/N-ethyl adjacent to an activating group) is 1. The molecule has 144 valence electrons. The van der Waals surface area contributed by atoms with Gasteiger partial charge in [0.1, 0.15) is 10.5 Å². The van der Waals surface area contributed by atoms with Crippen LogP contribution in [0.2, 0.25) is 0 Å². The lowest BCUT2D eigenvalue weighted by Gasteiger charge is -2.17. The third kappa shape index (κ3) is 3.23. The molecule has 0 bridgehead atoms. The second kappa shape index (κ2) is 6.73. The number of rotatable bonds is 5. The Morgan fingerprint density at radius 1 is 1.29 bits per heavy atom. The van der Waals surface area contributed by atoms with Gasteiger partial charge in [-0.1, -0.05) is 0 Å². The van der Waals surface area contributed by atoms with Gasteiger partial charge in [-0.3, -0.25) is 9.89 Å². The molecule has 9 nitrogen and oxygen atoms in total. The summed E-state index contributed by atoms with van der Waals surface area (Å²) in [6, 6.07) is 6.84. The summed E-state index contributed by atoms with van der Waals surface area (Å²) in [4.78, 5) is 16.6. The van der Waals surface area contributed by atoms with Crippen molar-refractivity contribution in [3.63, 3.8) is 0 Å². The fraction of sp³-hybridized carbons (Fsp3) is 0.167. The van der Waals surface area contributed by atoms with Crippen molar-refractivity contribution < 1.29 is 13.2 Å². The van der Waals surface area contributed by atoms with Crippen LogP contribution in [0.5, 0.6) is 0 Å². The van der Waals surface area contributed by atoms with Gasteiger partial charge in [0.25, 0.3) is 0 Å². The third-order valence-corrected chi connectivity index (χ3v) is 6.22. The number of nitrogens with zero attached hydrogens (tertiary/aromatic N) is 4. The van der Waals surface area contributed by atoms with Gasteiger partial charge in [0.05, 0.1) is 18.3 Å². The molecule has 3 heterocycles. The summed E-state index contributed by atoms with van der Waals surface area (Å²) in [7, 11) is -2.51. The van der Waals surface area contributed by atoms with Crippen LogP contribution in [0.4, 0.5) is 5.69 Å². The fourth-order valence-corrected chi connectivity index (χ4v) is 4.39. The minimum Gasteiger partial charge on any atom is -0.325 e. The number of nitrogens with one attached hydrogen (secondary N) is 2. The number of anilines is 1. The Kier molecular flexibility index (Phi) is 4.36. The van der Waals surface area contributed by atoms with E-state index in [0.717, 1.165) is 9.87 Å². The van der Waals surface area contributed by atoms with Crippen LogP contribution < -0.4 is 5.32 Å². The molecule has 4 aromatic rings. The second-order valence-corrected chi connectivity index (χ2v) is 8.53. The topological polar surface area (TPSA) is 112 Å². The number of fused-ring (bicyclic) bond motifs is 2. The number of aryl methyl sites for hydroxylation is 1. The standard InChI is InChI=1S/C18H18N6O3S/c1-12-7-13-10-20-22-18(13)15(8-12)28(26,27)23(2)11-17(25)21-14-3-5-24-6-4-19-16(24)9-14/h3-10H,11H2,1-2H3,(H,20,22)(H,21,25). The molecule has 0 atom stereocenters. The Morgan fingerprint density at radius 2 is 2.11 bits per heavy atom. The Labute approximate surface area is 161 Å². The van der Waals surface area contributed by atoms with E-state index < -0.39 is 15.9 Å². The van der Waals surface area contributed by atoms with Crippen molar-refractivity contribution >= 4 is 38.2 Å². The van der Waals surface area contributed by atoms with Crippen molar-refractivity contribution in [1.82, 2.24) is 23.9 Å². The number of carbonyl (C=O) groups is 1. The van der Waals surface area contributed by atoms with E-state index in [2.05, 4.69) is 20.5 Å². The van der Waals surface area contributed by atoms with Gasteiger partial charge in [0, 0.05) is 42.8 Å². The van der Waals surface area contributed by atoms with Crippen LogP contribution in [0.25, 0.3) is 16.6 Å². The minimum atomic E-state index is -3.89. The number of benzene rings is 1. The van der Waals surface area contributed by atoms with E-state index >= 15 is 0 Å². The smallest absolute Gasteiger partial charge is 0.245 e. The van der Waals surface area contributed by atoms with Crippen molar-refractivity contribution in [2.75, 3.05) is 18.9 Å². The number of sulfonamides is 1. The zero-order chi connectivity index (χ0) is 19.9. The molecular formula is C18H18N6O3S. The van der Waals surface area contributed by atoms with Crippen LogP contribution in [-0.4, -0.2) is 51.8 Å². The molecule has 0 saturated heterocycles. The van der Waals surface area contributed by atoms with E-state index in [1.165, 1.54) is 7.05 Å². The Morgan fingerprint density at radius 3 is 2.93 bits per heavy atom. The molecule has 28 heavy (non-hydrogen) atoms. The molecule has 2 N–H and O–H groups in total. The summed E-state index contributed by atoms with van der Waals surface area (Å²) in [5, 5.41) is 10.0. The minimum absolute atomic E-state index is 0.0918. The Balaban J connectivity index is 1.55. The summed E-state index contributed by atoms with van der Waals surface area (Å²) >= 11 is 0. The van der Waals surface area contributed by atoms with Gasteiger partial charge in [-0.15, -0.1) is 0 Å². The number of amides is 1. The highest BCUT2D eigenvalue weighted by Crippen LogP contribution is 2.25. The molecule has 0 radical (unpaired) electrons. The molecule has 0 saturated carbocycles. The largest absolute Gasteiger partial charge is 0.325 e. The number of aromatic amines is 1. The Bertz CT molecular complexity index is 1290. The number of pyridine rings is 1. The van der Waals surface area contributed by atoms with Crippen LogP contribution in [0.15, 0.2) is 53.9 Å². The molecule has 1 aromatic carbocycles. The molecule has 0 aliphatic heterocycles. The average molecular weight is 398 g/mol. The number of H-pyrrole nitrogens is 1. The highest BCUT2D eigenvalue weighted by Gasteiger charge is 2.26. The maximum atomic E-state index is 13.0. The maximum absolute atomic E-state index is 13.0. The van der Waals surface area contributed by atoms with Gasteiger partial charge < -0.3 is 9.72 Å². The molecule has 1 amide bonds. The molecule has 0 fully saturated rings. The first kappa shape index (κ1) is 18.1. The van der Waals surface area contributed by atoms with Gasteiger partial charge >= 0.3 is 0 Å². The van der Waals surface area contributed by atoms with Gasteiger partial charge in [-0.2, -0.15) is 9.40 Å². The van der Waals surface area contributed by atoms with Gasteiger partial charge in [-0.05, 0) is 30.7 Å². The first-order chi connectivity index (χ1) is 13.3. The van der Waals surface area contributed by atoms with Crippen molar-refractivity contribution in [1.29, 1.82) is 0 Å². The van der Waals surface area contributed by atoms with E-state index in [0.29, 0.717) is 22.2 Å². The summed E-state index contributed by atoms with van der Waals surface area (Å²) in [6.45, 7) is 1.48. The monoisotopic (exact) mass is 398 g/mol. The van der Waals surface area contributed by atoms with Crippen LogP contribution in [0.1, 0.15) is 5.56 Å². The lowest BCUT2D eigenvalue weighted by molar-refractivity contribution is -0.116. The van der Waals surface area contributed by atoms with Crippen LogP contribution >= 0.6 is 0 Å². The lowest BCUT2D eigenvalue weighted by atomic mass is 10.2. The van der Waals surface area contributed by atoms with Gasteiger partial charge in [0.15, 0.2) is 0 Å². The summed E-state index contributed by atoms with van der Waals surface area (Å²) in [5.74, 6) is -0.449. The van der Waals surface area contributed by atoms with Crippen molar-refractivity contribution in [3.8, 4) is 0 Å². The quantitative estimate of drug-likeness (QED) is 0.532. The van der Waals surface area contributed by atoms with E-state index in [1.807, 2.05) is 13.0 Å². The summed E-state index contributed by atoms with van der Waals surface area (Å²) in [5.41, 5.74) is 2.43. The zero-order valence-corrected chi connectivity index (χ0v) is 16.1. The molecule has 0 spiro atoms. The summed E-state index contributed by atoms with van der Waals surface area (Å²) < 4.78 is 28.8. The fourth-order valence-electron chi connectivity index (χ4n) is 3.02. The van der Waals surface area contributed by atoms with Gasteiger partial charge in [-0.25, -0.2) is 13.4 Å². The van der Waals surface area contributed by atoms with E-state index in [4.69, 9.17) is 0 Å². The molecule has 0 aliphatic carbocycles. The second-order valence-electron chi connectivity index (χ2n) is 6.51. The Hall–Kier alpha value is -3.24. The predicted octanol–water partition coefficient (Wildman–Crippen LogP) is 1.78. The molecule has 0 aliphatic rings. The number of hydrogen-bond acceptors (Lipinski definition) is 5. The number of imidazole rings is 1. The average Bonchev–Trinajstić information content (AvgIpc) is 3.28. The van der Waals surface area contributed by atoms with Crippen molar-refractivity contribution in [2.24, 2.45) is 0 Å². The lowest BCUT2D eigenvalue weighted by Crippen LogP contribution is -2.35. The van der Waals surface area contributed by atoms with E-state index in [1.54, 1.807) is 47.4 Å². The molecule has 0 unspecified atom stereocenters. The first-order valence-electron chi connectivity index (χ1n) is 8.47. The normalized spacial score (nSPS) is 12.1. The number of aromatic nitrogens is 4. The van der Waals surface area contributed by atoms with Gasteiger partial charge in [0.2, 0.25) is 15.9 Å². The van der Waals surface area contributed by atoms with Crippen LogP contribution in [0.3, 0.4) is 0 Å². The van der Waals surface area contributed by atoms with E-state index in [9.17, 15) is 13.2 Å². The maximum Gasteiger partial charge on any atom is 0.245 e.